The van der Waals surface area contributed by atoms with Gasteiger partial charge in [0, 0.05) is 0 Å². The predicted molar refractivity (Wildman–Crippen MR) is 141 cm³/mol. The zero-order valence-electron chi connectivity index (χ0n) is 20.2. The molecule has 0 radical (unpaired) electrons. The molecule has 1 unspecified atom stereocenters. The molecule has 0 spiro atoms. The Morgan fingerprint density at radius 1 is 0.811 bits per heavy atom. The maximum absolute atomic E-state index is 12.0. The number of aliphatic hydroxyl groups excluding tert-OH is 1. The van der Waals surface area contributed by atoms with Gasteiger partial charge < -0.3 is 19.7 Å². The van der Waals surface area contributed by atoms with Gasteiger partial charge >= 0.3 is 11.9 Å². The largest absolute Gasteiger partial charge is 0.478 e. The molecule has 0 amide bonds. The van der Waals surface area contributed by atoms with E-state index < -0.39 is 18.0 Å². The molecule has 186 valence electrons. The molecule has 0 aromatic heterocycles. The first-order valence-electron chi connectivity index (χ1n) is 11.7. The summed E-state index contributed by atoms with van der Waals surface area (Å²) in [4.78, 5) is 23.8. The van der Waals surface area contributed by atoms with E-state index in [1.54, 1.807) is 36.4 Å². The number of hydrogen-bond acceptors (Lipinski definition) is 5. The Kier molecular flexibility index (Phi) is 8.13. The zero-order valence-corrected chi connectivity index (χ0v) is 20.2. The van der Waals surface area contributed by atoms with Crippen molar-refractivity contribution in [2.24, 2.45) is 0 Å². The van der Waals surface area contributed by atoms with Crippen molar-refractivity contribution in [3.8, 4) is 11.5 Å². The van der Waals surface area contributed by atoms with Crippen molar-refractivity contribution < 1.29 is 29.3 Å². The second-order valence-corrected chi connectivity index (χ2v) is 8.37. The van der Waals surface area contributed by atoms with Crippen molar-refractivity contribution in [1.29, 1.82) is 0 Å². The van der Waals surface area contributed by atoms with Gasteiger partial charge in [-0.15, -0.1) is 0 Å². The third-order valence-electron chi connectivity index (χ3n) is 5.81. The number of ether oxygens (including phenoxy) is 2. The number of methoxy groups -OCH3 is 1. The molecule has 0 aliphatic heterocycles. The Morgan fingerprint density at radius 3 is 2.05 bits per heavy atom. The normalized spacial score (nSPS) is 12.0. The minimum atomic E-state index is -1.24. The number of para-hydroxylation sites is 1. The summed E-state index contributed by atoms with van der Waals surface area (Å²) < 4.78 is 10.6. The van der Waals surface area contributed by atoms with Crippen molar-refractivity contribution in [1.82, 2.24) is 0 Å². The van der Waals surface area contributed by atoms with Crippen LogP contribution in [0, 0.1) is 0 Å². The highest BCUT2D eigenvalue weighted by Gasteiger charge is 2.19. The quantitative estimate of drug-likeness (QED) is 0.264. The number of carboxylic acid groups (broad SMARTS) is 1. The van der Waals surface area contributed by atoms with E-state index in [9.17, 15) is 19.8 Å². The molecule has 6 heteroatoms. The standard InChI is InChI=1S/C31H26O6/c1-36-31(35)27-17-12-22(20-28(27)30(33)34)19-24(18-21-8-4-2-5-9-21)29(32)23-13-15-26(16-14-23)37-25-10-6-3-7-11-25/h2-17,19-20,29,32H,18H2,1H3,(H,33,34). The summed E-state index contributed by atoms with van der Waals surface area (Å²) in [5.74, 6) is -0.615. The van der Waals surface area contributed by atoms with Gasteiger partial charge in [-0.1, -0.05) is 72.8 Å². The molecule has 0 heterocycles. The van der Waals surface area contributed by atoms with Crippen LogP contribution in [0.5, 0.6) is 11.5 Å². The smallest absolute Gasteiger partial charge is 0.338 e. The maximum atomic E-state index is 12.0. The molecule has 6 nitrogen and oxygen atoms in total. The molecule has 4 rings (SSSR count). The van der Waals surface area contributed by atoms with Crippen molar-refractivity contribution in [2.75, 3.05) is 7.11 Å². The van der Waals surface area contributed by atoms with Gasteiger partial charge in [-0.3, -0.25) is 0 Å². The van der Waals surface area contributed by atoms with Gasteiger partial charge in [-0.25, -0.2) is 9.59 Å². The van der Waals surface area contributed by atoms with Gasteiger partial charge in [0.05, 0.1) is 18.2 Å². The SMILES string of the molecule is COC(=O)c1ccc(C=C(Cc2ccccc2)C(O)c2ccc(Oc3ccccc3)cc2)cc1C(=O)O. The summed E-state index contributed by atoms with van der Waals surface area (Å²) in [5.41, 5.74) is 2.64. The molecule has 0 aliphatic carbocycles. The van der Waals surface area contributed by atoms with E-state index in [4.69, 9.17) is 9.47 Å². The van der Waals surface area contributed by atoms with Crippen molar-refractivity contribution in [3.05, 3.63) is 137 Å². The lowest BCUT2D eigenvalue weighted by molar-refractivity contribution is 0.0582. The van der Waals surface area contributed by atoms with Crippen molar-refractivity contribution in [2.45, 2.75) is 12.5 Å². The number of carboxylic acids is 1. The highest BCUT2D eigenvalue weighted by molar-refractivity contribution is 6.02. The Labute approximate surface area is 215 Å². The molecule has 0 bridgehead atoms. The number of aromatic carboxylic acids is 1. The van der Waals surface area contributed by atoms with E-state index in [1.165, 1.54) is 19.2 Å². The van der Waals surface area contributed by atoms with E-state index in [0.717, 1.165) is 5.56 Å². The van der Waals surface area contributed by atoms with Crippen LogP contribution >= 0.6 is 0 Å². The van der Waals surface area contributed by atoms with Gasteiger partial charge in [0.2, 0.25) is 0 Å². The second-order valence-electron chi connectivity index (χ2n) is 8.37. The summed E-state index contributed by atoms with van der Waals surface area (Å²) in [7, 11) is 1.20. The lowest BCUT2D eigenvalue weighted by Gasteiger charge is -2.17. The summed E-state index contributed by atoms with van der Waals surface area (Å²) >= 11 is 0. The first-order valence-corrected chi connectivity index (χ1v) is 11.7. The number of carbonyl (C=O) groups excluding carboxylic acids is 1. The van der Waals surface area contributed by atoms with E-state index in [1.807, 2.05) is 60.7 Å². The molecule has 0 aliphatic rings. The van der Waals surface area contributed by atoms with Crippen LogP contribution in [0.4, 0.5) is 0 Å². The number of benzene rings is 4. The lowest BCUT2D eigenvalue weighted by Crippen LogP contribution is -2.10. The Balaban J connectivity index is 1.67. The predicted octanol–water partition coefficient (Wildman–Crippen LogP) is 6.32. The van der Waals surface area contributed by atoms with Crippen LogP contribution in [0.1, 0.15) is 43.5 Å². The summed E-state index contributed by atoms with van der Waals surface area (Å²) in [6.07, 6.45) is 1.23. The van der Waals surface area contributed by atoms with Crippen LogP contribution in [-0.2, 0) is 11.2 Å². The maximum Gasteiger partial charge on any atom is 0.338 e. The first-order chi connectivity index (χ1) is 17.9. The molecule has 0 saturated carbocycles. The molecular weight excluding hydrogens is 468 g/mol. The van der Waals surface area contributed by atoms with Gasteiger partial charge in [-0.2, -0.15) is 0 Å². The van der Waals surface area contributed by atoms with Crippen LogP contribution in [0.15, 0.2) is 109 Å². The molecule has 1 atom stereocenters. The molecule has 37 heavy (non-hydrogen) atoms. The lowest BCUT2D eigenvalue weighted by atomic mass is 9.93. The van der Waals surface area contributed by atoms with Crippen LogP contribution < -0.4 is 4.74 Å². The van der Waals surface area contributed by atoms with Crippen LogP contribution in [0.2, 0.25) is 0 Å². The van der Waals surface area contributed by atoms with Gasteiger partial charge in [0.15, 0.2) is 0 Å². The molecule has 0 fully saturated rings. The summed E-state index contributed by atoms with van der Waals surface area (Å²) in [5, 5.41) is 21.0. The average molecular weight is 495 g/mol. The first kappa shape index (κ1) is 25.4. The Bertz CT molecular complexity index is 1390. The number of esters is 1. The van der Waals surface area contributed by atoms with Crippen LogP contribution in [0.25, 0.3) is 6.08 Å². The fraction of sp³-hybridized carbons (Fsp3) is 0.0968. The Morgan fingerprint density at radius 2 is 1.43 bits per heavy atom. The fourth-order valence-electron chi connectivity index (χ4n) is 3.95. The van der Waals surface area contributed by atoms with Crippen molar-refractivity contribution >= 4 is 18.0 Å². The van der Waals surface area contributed by atoms with Gasteiger partial charge in [0.25, 0.3) is 0 Å². The van der Waals surface area contributed by atoms with Crippen LogP contribution in [0.3, 0.4) is 0 Å². The third-order valence-corrected chi connectivity index (χ3v) is 5.81. The average Bonchev–Trinajstić information content (AvgIpc) is 2.93. The van der Waals surface area contributed by atoms with Gasteiger partial charge in [-0.05, 0) is 65.1 Å². The minimum Gasteiger partial charge on any atom is -0.478 e. The van der Waals surface area contributed by atoms with Gasteiger partial charge in [0.1, 0.15) is 17.6 Å². The molecule has 0 saturated heterocycles. The number of aliphatic hydroxyl groups is 1. The van der Waals surface area contributed by atoms with E-state index in [0.29, 0.717) is 34.6 Å². The highest BCUT2D eigenvalue weighted by Crippen LogP contribution is 2.30. The molecule has 2 N–H and O–H groups in total. The highest BCUT2D eigenvalue weighted by atomic mass is 16.5. The monoisotopic (exact) mass is 494 g/mol. The molecule has 4 aromatic carbocycles. The topological polar surface area (TPSA) is 93.1 Å². The number of rotatable bonds is 9. The summed E-state index contributed by atoms with van der Waals surface area (Å²) in [6.45, 7) is 0. The minimum absolute atomic E-state index is 0.0358. The zero-order chi connectivity index (χ0) is 26.2. The number of carbonyl (C=O) groups is 2. The Hall–Kier alpha value is -4.68. The number of hydrogen-bond donors (Lipinski definition) is 2. The molecular formula is C31H26O6. The van der Waals surface area contributed by atoms with E-state index in [-0.39, 0.29) is 11.1 Å². The van der Waals surface area contributed by atoms with Crippen molar-refractivity contribution in [3.63, 3.8) is 0 Å². The molecule has 4 aromatic rings. The fourth-order valence-corrected chi connectivity index (χ4v) is 3.95. The van der Waals surface area contributed by atoms with E-state index in [2.05, 4.69) is 0 Å². The van der Waals surface area contributed by atoms with E-state index >= 15 is 0 Å². The second kappa shape index (κ2) is 11.8. The summed E-state index contributed by atoms with van der Waals surface area (Å²) in [6, 6.07) is 30.7. The third kappa shape index (κ3) is 6.51. The van der Waals surface area contributed by atoms with Crippen LogP contribution in [-0.4, -0.2) is 29.3 Å².